The number of rotatable bonds is 4. The van der Waals surface area contributed by atoms with Crippen LogP contribution < -0.4 is 4.74 Å². The van der Waals surface area contributed by atoms with E-state index in [0.717, 1.165) is 5.01 Å². The molecule has 0 atom stereocenters. The zero-order chi connectivity index (χ0) is 19.8. The van der Waals surface area contributed by atoms with Crippen molar-refractivity contribution in [3.05, 3.63) is 81.4 Å². The molecule has 3 aromatic carbocycles. The molecule has 0 aliphatic carbocycles. The molecular weight excluding hydrogens is 362 g/mol. The number of nitro groups is 1. The molecule has 8 heteroatoms. The van der Waals surface area contributed by atoms with Crippen molar-refractivity contribution in [3.63, 3.8) is 0 Å². The van der Waals surface area contributed by atoms with Crippen LogP contribution in [0.5, 0.6) is 5.75 Å². The number of imide groups is 1. The number of methoxy groups -OCH3 is 1. The second-order valence-corrected chi connectivity index (χ2v) is 6.09. The molecule has 0 spiro atoms. The van der Waals surface area contributed by atoms with Gasteiger partial charge in [0.15, 0.2) is 0 Å². The number of carbonyl (C=O) groups is 2. The summed E-state index contributed by atoms with van der Waals surface area (Å²) in [5, 5.41) is 16.8. The molecule has 28 heavy (non-hydrogen) atoms. The van der Waals surface area contributed by atoms with Gasteiger partial charge in [-0.25, -0.2) is 0 Å². The summed E-state index contributed by atoms with van der Waals surface area (Å²) in [5.41, 5.74) is 0.783. The van der Waals surface area contributed by atoms with Crippen LogP contribution in [0.3, 0.4) is 0 Å². The Labute approximate surface area is 158 Å². The summed E-state index contributed by atoms with van der Waals surface area (Å²) in [6, 6.07) is 14.2. The van der Waals surface area contributed by atoms with E-state index in [2.05, 4.69) is 5.10 Å². The van der Waals surface area contributed by atoms with E-state index in [0.29, 0.717) is 22.1 Å². The van der Waals surface area contributed by atoms with Crippen molar-refractivity contribution in [2.45, 2.75) is 0 Å². The lowest BCUT2D eigenvalue weighted by Gasteiger charge is -2.22. The van der Waals surface area contributed by atoms with Gasteiger partial charge in [0, 0.05) is 17.5 Å². The number of carbonyl (C=O) groups excluding carboxylic acids is 2. The van der Waals surface area contributed by atoms with Crippen LogP contribution in [0.15, 0.2) is 59.7 Å². The highest BCUT2D eigenvalue weighted by Crippen LogP contribution is 2.33. The lowest BCUT2D eigenvalue weighted by Crippen LogP contribution is -2.36. The second-order valence-electron chi connectivity index (χ2n) is 6.09. The number of nitro benzene ring substituents is 1. The van der Waals surface area contributed by atoms with Gasteiger partial charge in [-0.3, -0.25) is 19.7 Å². The van der Waals surface area contributed by atoms with Gasteiger partial charge in [0.1, 0.15) is 5.75 Å². The first kappa shape index (κ1) is 17.3. The summed E-state index contributed by atoms with van der Waals surface area (Å²) in [6.45, 7) is 0. The quantitative estimate of drug-likeness (QED) is 0.301. The monoisotopic (exact) mass is 375 g/mol. The minimum Gasteiger partial charge on any atom is -0.497 e. The average molecular weight is 375 g/mol. The molecule has 0 fully saturated rings. The Hall–Kier alpha value is -4.07. The largest absolute Gasteiger partial charge is 0.497 e. The molecule has 0 saturated heterocycles. The molecule has 1 heterocycles. The highest BCUT2D eigenvalue weighted by Gasteiger charge is 2.34. The number of benzene rings is 3. The van der Waals surface area contributed by atoms with Crippen LogP contribution in [-0.2, 0) is 0 Å². The van der Waals surface area contributed by atoms with E-state index in [1.807, 2.05) is 0 Å². The smallest absolute Gasteiger partial charge is 0.282 e. The van der Waals surface area contributed by atoms with Crippen molar-refractivity contribution in [1.82, 2.24) is 5.01 Å². The highest BCUT2D eigenvalue weighted by atomic mass is 16.6. The summed E-state index contributed by atoms with van der Waals surface area (Å²) < 4.78 is 5.08. The minimum absolute atomic E-state index is 0.0753. The van der Waals surface area contributed by atoms with Crippen LogP contribution in [-0.4, -0.2) is 35.1 Å². The molecule has 0 saturated carbocycles. The molecule has 8 nitrogen and oxygen atoms in total. The maximum Gasteiger partial charge on any atom is 0.282 e. The van der Waals surface area contributed by atoms with E-state index >= 15 is 0 Å². The molecule has 4 rings (SSSR count). The minimum atomic E-state index is -0.706. The van der Waals surface area contributed by atoms with E-state index < -0.39 is 16.7 Å². The molecule has 0 aromatic heterocycles. The fourth-order valence-electron chi connectivity index (χ4n) is 3.10. The third-order valence-electron chi connectivity index (χ3n) is 4.46. The topological polar surface area (TPSA) is 102 Å². The summed E-state index contributed by atoms with van der Waals surface area (Å²) in [6.07, 6.45) is 1.37. The number of hydrogen-bond acceptors (Lipinski definition) is 6. The Balaban J connectivity index is 1.78. The standard InChI is InChI=1S/C20H13N3O5/c1-28-15-7-5-12(6-8-15)11-21-22-19(24)16-4-2-3-13-9-14(23(26)27)10-17(18(13)16)20(22)25/h2-11H,1H3. The molecule has 0 N–H and O–H groups in total. The van der Waals surface area contributed by atoms with Gasteiger partial charge in [0.2, 0.25) is 0 Å². The van der Waals surface area contributed by atoms with Crippen LogP contribution >= 0.6 is 0 Å². The number of hydrogen-bond donors (Lipinski definition) is 0. The summed E-state index contributed by atoms with van der Waals surface area (Å²) in [5.74, 6) is -0.626. The number of nitrogens with zero attached hydrogens (tertiary/aromatic N) is 3. The number of non-ortho nitro benzene ring substituents is 1. The molecule has 3 aromatic rings. The van der Waals surface area contributed by atoms with Gasteiger partial charge in [-0.2, -0.15) is 10.1 Å². The van der Waals surface area contributed by atoms with Crippen molar-refractivity contribution in [2.75, 3.05) is 7.11 Å². The van der Waals surface area contributed by atoms with E-state index in [1.165, 1.54) is 18.3 Å². The zero-order valence-corrected chi connectivity index (χ0v) is 14.7. The van der Waals surface area contributed by atoms with Crippen LogP contribution in [0.2, 0.25) is 0 Å². The number of amides is 2. The Morgan fingerprint density at radius 2 is 1.75 bits per heavy atom. The Kier molecular flexibility index (Phi) is 4.08. The summed E-state index contributed by atoms with van der Waals surface area (Å²) in [7, 11) is 1.55. The fourth-order valence-corrected chi connectivity index (χ4v) is 3.10. The van der Waals surface area contributed by atoms with Crippen LogP contribution in [0, 0.1) is 10.1 Å². The van der Waals surface area contributed by atoms with E-state index in [-0.39, 0.29) is 16.8 Å². The first-order valence-corrected chi connectivity index (χ1v) is 8.27. The molecular formula is C20H13N3O5. The zero-order valence-electron chi connectivity index (χ0n) is 14.7. The van der Waals surface area contributed by atoms with Gasteiger partial charge in [-0.15, -0.1) is 0 Å². The third-order valence-corrected chi connectivity index (χ3v) is 4.46. The molecule has 138 valence electrons. The van der Waals surface area contributed by atoms with Gasteiger partial charge in [-0.1, -0.05) is 12.1 Å². The SMILES string of the molecule is COc1ccc(C=NN2C(=O)c3cccc4cc([N+](=O)[O-])cc(c34)C2=O)cc1. The molecule has 1 aliphatic rings. The third kappa shape index (κ3) is 2.77. The number of hydrazone groups is 1. The maximum absolute atomic E-state index is 12.9. The van der Waals surface area contributed by atoms with E-state index in [9.17, 15) is 19.7 Å². The number of ether oxygens (including phenoxy) is 1. The predicted molar refractivity (Wildman–Crippen MR) is 102 cm³/mol. The van der Waals surface area contributed by atoms with Gasteiger partial charge in [0.25, 0.3) is 17.5 Å². The predicted octanol–water partition coefficient (Wildman–Crippen LogP) is 3.39. The van der Waals surface area contributed by atoms with Crippen molar-refractivity contribution in [3.8, 4) is 5.75 Å². The lowest BCUT2D eigenvalue weighted by atomic mass is 9.94. The molecule has 0 unspecified atom stereocenters. The first-order valence-electron chi connectivity index (χ1n) is 8.27. The van der Waals surface area contributed by atoms with Crippen LogP contribution in [0.25, 0.3) is 10.8 Å². The van der Waals surface area contributed by atoms with Crippen LogP contribution in [0.1, 0.15) is 26.3 Å². The van der Waals surface area contributed by atoms with Crippen molar-refractivity contribution in [1.29, 1.82) is 0 Å². The normalized spacial score (nSPS) is 13.4. The molecule has 0 radical (unpaired) electrons. The van der Waals surface area contributed by atoms with Crippen molar-refractivity contribution >= 4 is 34.5 Å². The van der Waals surface area contributed by atoms with Gasteiger partial charge in [-0.05, 0) is 41.3 Å². The Morgan fingerprint density at radius 1 is 1.04 bits per heavy atom. The highest BCUT2D eigenvalue weighted by molar-refractivity contribution is 6.25. The average Bonchev–Trinajstić information content (AvgIpc) is 2.71. The van der Waals surface area contributed by atoms with E-state index in [1.54, 1.807) is 49.6 Å². The van der Waals surface area contributed by atoms with Crippen molar-refractivity contribution < 1.29 is 19.2 Å². The molecule has 2 amide bonds. The Morgan fingerprint density at radius 3 is 2.43 bits per heavy atom. The first-order chi connectivity index (χ1) is 13.5. The lowest BCUT2D eigenvalue weighted by molar-refractivity contribution is -0.384. The molecule has 1 aliphatic heterocycles. The fraction of sp³-hybridized carbons (Fsp3) is 0.0500. The Bertz CT molecular complexity index is 1170. The summed E-state index contributed by atoms with van der Waals surface area (Å²) in [4.78, 5) is 36.3. The second kappa shape index (κ2) is 6.58. The van der Waals surface area contributed by atoms with E-state index in [4.69, 9.17) is 4.74 Å². The van der Waals surface area contributed by atoms with Crippen molar-refractivity contribution in [2.24, 2.45) is 5.10 Å². The van der Waals surface area contributed by atoms with Gasteiger partial charge in [0.05, 0.1) is 29.4 Å². The van der Waals surface area contributed by atoms with Gasteiger partial charge < -0.3 is 4.74 Å². The van der Waals surface area contributed by atoms with Gasteiger partial charge >= 0.3 is 0 Å². The van der Waals surface area contributed by atoms with Crippen LogP contribution in [0.4, 0.5) is 5.69 Å². The summed E-state index contributed by atoms with van der Waals surface area (Å²) >= 11 is 0. The molecule has 0 bridgehead atoms. The maximum atomic E-state index is 12.9.